The van der Waals surface area contributed by atoms with Crippen molar-refractivity contribution in [3.63, 3.8) is 0 Å². The highest BCUT2D eigenvalue weighted by molar-refractivity contribution is 6.30. The molecule has 0 bridgehead atoms. The quantitative estimate of drug-likeness (QED) is 0.102. The zero-order valence-electron chi connectivity index (χ0n) is 79.4. The van der Waals surface area contributed by atoms with Crippen molar-refractivity contribution in [1.82, 2.24) is 48.6 Å². The first-order valence-corrected chi connectivity index (χ1v) is 49.9. The van der Waals surface area contributed by atoms with E-state index in [1.54, 1.807) is 0 Å². The minimum absolute atomic E-state index is 0.573. The summed E-state index contributed by atoms with van der Waals surface area (Å²) in [5.74, 6) is 4.62. The Morgan fingerprint density at radius 3 is 0.804 bits per heavy atom. The lowest BCUT2D eigenvalue weighted by Crippen LogP contribution is -2.06. The fourth-order valence-electron chi connectivity index (χ4n) is 22.9. The Bertz CT molecular complexity index is 10700. The van der Waals surface area contributed by atoms with Gasteiger partial charge in [-0.15, -0.1) is 0 Å². The number of pyridine rings is 1. The molecule has 688 valence electrons. The lowest BCUT2D eigenvalue weighted by atomic mass is 9.94. The molecular weight excluding hydrogens is 1810 g/mol. The molecule has 0 amide bonds. The van der Waals surface area contributed by atoms with Gasteiger partial charge in [0.2, 0.25) is 11.9 Å². The molecule has 13 heteroatoms. The van der Waals surface area contributed by atoms with E-state index in [9.17, 15) is 0 Å². The zero-order valence-corrected chi connectivity index (χ0v) is 79.4. The van der Waals surface area contributed by atoms with Crippen molar-refractivity contribution in [3.8, 4) is 130 Å². The molecule has 0 aliphatic carbocycles. The van der Waals surface area contributed by atoms with E-state index in [-0.39, 0.29) is 0 Å². The second kappa shape index (κ2) is 33.8. The molecule has 0 N–H and O–H groups in total. The lowest BCUT2D eigenvalue weighted by Gasteiger charge is -2.14. The molecule has 0 atom stereocenters. The molecule has 9 heterocycles. The summed E-state index contributed by atoms with van der Waals surface area (Å²) >= 11 is 0. The molecule has 0 aliphatic heterocycles. The Balaban J connectivity index is 0.000000104. The summed E-state index contributed by atoms with van der Waals surface area (Å²) in [4.78, 5) is 36.0. The number of para-hydroxylation sites is 3. The molecule has 0 unspecified atom stereocenters. The Labute approximate surface area is 845 Å². The molecule has 32 aromatic rings. The van der Waals surface area contributed by atoms with Gasteiger partial charge in [-0.05, 0) is 190 Å². The molecule has 0 aliphatic rings. The van der Waals surface area contributed by atoms with E-state index in [2.05, 4.69) is 384 Å². The van der Waals surface area contributed by atoms with Crippen LogP contribution in [0.15, 0.2) is 499 Å². The summed E-state index contributed by atoms with van der Waals surface area (Å²) in [5.41, 5.74) is 29.6. The molecule has 0 spiro atoms. The van der Waals surface area contributed by atoms with Gasteiger partial charge in [0.1, 0.15) is 39.3 Å². The summed E-state index contributed by atoms with van der Waals surface area (Å²) in [5, 5.41) is 23.6. The van der Waals surface area contributed by atoms with Crippen molar-refractivity contribution in [2.24, 2.45) is 0 Å². The molecular formula is C135H80N10O3. The van der Waals surface area contributed by atoms with E-state index in [0.29, 0.717) is 35.2 Å². The number of rotatable bonds is 13. The lowest BCUT2D eigenvalue weighted by molar-refractivity contribution is 0.668. The maximum Gasteiger partial charge on any atom is 0.238 e. The number of benzene rings is 23. The summed E-state index contributed by atoms with van der Waals surface area (Å²) in [6, 6.07) is 168. The van der Waals surface area contributed by atoms with Gasteiger partial charge in [0, 0.05) is 104 Å². The van der Waals surface area contributed by atoms with E-state index in [1.165, 1.54) is 103 Å². The first-order valence-electron chi connectivity index (χ1n) is 49.9. The van der Waals surface area contributed by atoms with Crippen LogP contribution in [0.1, 0.15) is 0 Å². The van der Waals surface area contributed by atoms with Crippen molar-refractivity contribution in [3.05, 3.63) is 485 Å². The topological polar surface area (TPSA) is 144 Å². The Kier molecular flexibility index (Phi) is 19.1. The van der Waals surface area contributed by atoms with Gasteiger partial charge in [-0.25, -0.2) is 15.0 Å². The van der Waals surface area contributed by atoms with Gasteiger partial charge >= 0.3 is 0 Å². The highest BCUT2D eigenvalue weighted by atomic mass is 16.3. The van der Waals surface area contributed by atoms with Crippen molar-refractivity contribution in [1.29, 1.82) is 0 Å². The van der Waals surface area contributed by atoms with Gasteiger partial charge in [0.15, 0.2) is 23.3 Å². The third kappa shape index (κ3) is 13.6. The maximum absolute atomic E-state index is 6.19. The third-order valence-corrected chi connectivity index (χ3v) is 29.7. The predicted molar refractivity (Wildman–Crippen MR) is 607 cm³/mol. The van der Waals surface area contributed by atoms with E-state index in [4.69, 9.17) is 48.1 Å². The first-order chi connectivity index (χ1) is 73.4. The average molecular weight is 1890 g/mol. The summed E-state index contributed by atoms with van der Waals surface area (Å²) < 4.78 is 25.2. The van der Waals surface area contributed by atoms with Crippen LogP contribution >= 0.6 is 0 Å². The van der Waals surface area contributed by atoms with Crippen LogP contribution in [0, 0.1) is 0 Å². The van der Waals surface area contributed by atoms with Crippen LogP contribution in [-0.2, 0) is 0 Å². The minimum atomic E-state index is 0.573. The molecule has 0 saturated carbocycles. The SMILES string of the molecule is c1ccc(-c2ccc(-c3nc(-c4ccc(-c5ccccc5)cc4)nc(-n4c5cccc6ccc7c(-c8ccc9oc%10ccccc%10c9c8)ccc4c7c65)n3)cc2)cc1.c1ccc(-c2cnc(-n3c4cccc5ccc6c(-c7ccc8oc9ccccc9c8c7)ccc3c6c54)c3ccccc23)cc1.c1ccc(-c2nc(-c3ccccc3)nc(-n3c4cccc5ccc6c(-c7ccc8oc9ccccc9c8c7)ccc3c6c54)n2)cc1. The molecule has 13 nitrogen and oxygen atoms in total. The van der Waals surface area contributed by atoms with Crippen LogP contribution in [0.25, 0.3) is 304 Å². The number of nitrogens with zero attached hydrogens (tertiary/aromatic N) is 10. The van der Waals surface area contributed by atoms with Crippen LogP contribution in [0.4, 0.5) is 0 Å². The standard InChI is InChI=1S/C53H32N4O.C41H24N4O.C41H24N2O/c1-3-10-33(11-4-1)35-18-22-38(23-19-35)51-54-52(39-24-20-36(21-25-39)34-12-5-2-6-13-34)56-53(55-51)57-45-16-9-14-37-26-28-43-41(29-30-46(57)50(43)49(37)45)40-27-31-48-44(32-40)42-15-7-8-17-47(42)58-48;1-3-10-26(11-4-1)39-42-40(27-12-5-2-6-13-27)44-41(43-39)45-33-16-9-14-25-18-20-31-29(21-22-34(45)38(31)37(25)33)28-19-23-36-32(24-28)30-15-7-8-17-35(30)46-36;1-2-9-25(10-3-1)34-24-42-41(32-14-5-4-12-29(32)34)43-35-15-8-11-26-17-19-31-28(20-21-36(43)40(31)39(26)35)27-18-22-38-33(23-27)30-13-6-7-16-37(30)44-38/h1-32H;1-24H;1-24H. The summed E-state index contributed by atoms with van der Waals surface area (Å²) in [7, 11) is 0. The van der Waals surface area contributed by atoms with E-state index >= 15 is 0 Å². The summed E-state index contributed by atoms with van der Waals surface area (Å²) in [6.07, 6.45) is 2.03. The normalized spacial score (nSPS) is 11.9. The van der Waals surface area contributed by atoms with Crippen molar-refractivity contribution >= 4 is 174 Å². The Hall–Kier alpha value is -20.2. The number of fused-ring (bicyclic) bond motifs is 10. The monoisotopic (exact) mass is 1890 g/mol. The predicted octanol–water partition coefficient (Wildman–Crippen LogP) is 35.4. The number of hydrogen-bond acceptors (Lipinski definition) is 10. The molecule has 148 heavy (non-hydrogen) atoms. The van der Waals surface area contributed by atoms with E-state index in [1.807, 2.05) is 115 Å². The Morgan fingerprint density at radius 2 is 0.432 bits per heavy atom. The summed E-state index contributed by atoms with van der Waals surface area (Å²) in [6.45, 7) is 0. The van der Waals surface area contributed by atoms with Gasteiger partial charge in [-0.3, -0.25) is 13.7 Å². The number of aromatic nitrogens is 10. The maximum atomic E-state index is 6.19. The molecule has 0 radical (unpaired) electrons. The zero-order chi connectivity index (χ0) is 97.1. The van der Waals surface area contributed by atoms with Crippen molar-refractivity contribution in [2.75, 3.05) is 0 Å². The van der Waals surface area contributed by atoms with Gasteiger partial charge in [-0.1, -0.05) is 388 Å². The van der Waals surface area contributed by atoms with Crippen LogP contribution in [0.3, 0.4) is 0 Å². The highest BCUT2D eigenvalue weighted by Crippen LogP contribution is 2.50. The smallest absolute Gasteiger partial charge is 0.238 e. The van der Waals surface area contributed by atoms with Crippen molar-refractivity contribution < 1.29 is 13.3 Å². The van der Waals surface area contributed by atoms with Gasteiger partial charge in [-0.2, -0.15) is 19.9 Å². The van der Waals surface area contributed by atoms with Crippen LogP contribution in [0.5, 0.6) is 0 Å². The van der Waals surface area contributed by atoms with E-state index < -0.39 is 0 Å². The fraction of sp³-hybridized carbons (Fsp3) is 0. The molecule has 23 aromatic carbocycles. The van der Waals surface area contributed by atoms with Crippen LogP contribution in [-0.4, -0.2) is 48.6 Å². The third-order valence-electron chi connectivity index (χ3n) is 29.7. The van der Waals surface area contributed by atoms with Gasteiger partial charge in [0.25, 0.3) is 0 Å². The number of hydrogen-bond donors (Lipinski definition) is 0. The highest BCUT2D eigenvalue weighted by Gasteiger charge is 2.29. The fourth-order valence-corrected chi connectivity index (χ4v) is 22.9. The van der Waals surface area contributed by atoms with Gasteiger partial charge in [0.05, 0.1) is 33.1 Å². The molecule has 0 saturated heterocycles. The second-order valence-corrected chi connectivity index (χ2v) is 38.0. The average Bonchev–Trinajstić information content (AvgIpc) is 1.55. The first kappa shape index (κ1) is 83.6. The largest absolute Gasteiger partial charge is 0.456 e. The Morgan fingerprint density at radius 1 is 0.155 bits per heavy atom. The molecule has 9 aromatic heterocycles. The van der Waals surface area contributed by atoms with E-state index in [0.717, 1.165) is 166 Å². The van der Waals surface area contributed by atoms with Gasteiger partial charge < -0.3 is 13.3 Å². The number of furan rings is 3. The van der Waals surface area contributed by atoms with Crippen molar-refractivity contribution in [2.45, 2.75) is 0 Å². The van der Waals surface area contributed by atoms with Crippen LogP contribution in [0.2, 0.25) is 0 Å². The molecule has 0 fully saturated rings. The minimum Gasteiger partial charge on any atom is -0.456 e. The second-order valence-electron chi connectivity index (χ2n) is 38.0. The molecule has 32 rings (SSSR count). The van der Waals surface area contributed by atoms with Crippen LogP contribution < -0.4 is 0 Å².